The smallest absolute Gasteiger partial charge is 0.00388 e. The van der Waals surface area contributed by atoms with E-state index < -0.39 is 0 Å². The van der Waals surface area contributed by atoms with E-state index in [0.29, 0.717) is 18.1 Å². The van der Waals surface area contributed by atoms with Crippen LogP contribution < -0.4 is 17.2 Å². The Balaban J connectivity index is 2.30. The van der Waals surface area contributed by atoms with Crippen molar-refractivity contribution in [2.45, 2.75) is 75.9 Å². The topological polar surface area (TPSA) is 78.1 Å². The quantitative estimate of drug-likeness (QED) is 0.570. The highest BCUT2D eigenvalue weighted by Crippen LogP contribution is 2.15. The third-order valence-electron chi connectivity index (χ3n) is 3.45. The zero-order valence-electron chi connectivity index (χ0n) is 9.83. The lowest BCUT2D eigenvalue weighted by Crippen LogP contribution is -2.27. The lowest BCUT2D eigenvalue weighted by molar-refractivity contribution is 0.418. The molecule has 6 N–H and O–H groups in total. The highest BCUT2D eigenvalue weighted by atomic mass is 14.7. The maximum atomic E-state index is 6.02. The summed E-state index contributed by atoms with van der Waals surface area (Å²) in [5.41, 5.74) is 18.1. The fourth-order valence-corrected chi connectivity index (χ4v) is 2.36. The van der Waals surface area contributed by atoms with Gasteiger partial charge in [-0.05, 0) is 38.5 Å². The third kappa shape index (κ3) is 6.13. The molecular weight excluding hydrogens is 186 g/mol. The first-order chi connectivity index (χ1) is 7.18. The zero-order valence-corrected chi connectivity index (χ0v) is 9.83. The fraction of sp³-hybridized carbons (Fsp3) is 1.00. The van der Waals surface area contributed by atoms with Gasteiger partial charge in [0, 0.05) is 18.1 Å². The molecule has 90 valence electrons. The van der Waals surface area contributed by atoms with E-state index in [0.717, 1.165) is 38.5 Å². The van der Waals surface area contributed by atoms with Gasteiger partial charge in [0.1, 0.15) is 0 Å². The fourth-order valence-electron chi connectivity index (χ4n) is 2.36. The molecule has 0 amide bonds. The van der Waals surface area contributed by atoms with Crippen molar-refractivity contribution in [1.29, 1.82) is 0 Å². The lowest BCUT2D eigenvalue weighted by Gasteiger charge is -2.18. The third-order valence-corrected chi connectivity index (χ3v) is 3.45. The van der Waals surface area contributed by atoms with Gasteiger partial charge >= 0.3 is 0 Å². The summed E-state index contributed by atoms with van der Waals surface area (Å²) in [5, 5.41) is 0. The summed E-state index contributed by atoms with van der Waals surface area (Å²) < 4.78 is 0. The molecular formula is C12H27N3. The van der Waals surface area contributed by atoms with Crippen molar-refractivity contribution in [3.8, 4) is 0 Å². The Bertz CT molecular complexity index is 120. The highest BCUT2D eigenvalue weighted by Gasteiger charge is 2.10. The largest absolute Gasteiger partial charge is 0.328 e. The van der Waals surface area contributed by atoms with Crippen LogP contribution in [0.3, 0.4) is 0 Å². The average molecular weight is 213 g/mol. The molecule has 0 spiro atoms. The molecule has 0 aliphatic heterocycles. The van der Waals surface area contributed by atoms with E-state index in [1.807, 2.05) is 0 Å². The van der Waals surface area contributed by atoms with Gasteiger partial charge in [0.15, 0.2) is 0 Å². The zero-order chi connectivity index (χ0) is 11.1. The average Bonchev–Trinajstić information content (AvgIpc) is 2.16. The van der Waals surface area contributed by atoms with Crippen LogP contribution in [0.5, 0.6) is 0 Å². The van der Waals surface area contributed by atoms with Crippen LogP contribution in [0.1, 0.15) is 57.8 Å². The molecule has 1 aliphatic carbocycles. The van der Waals surface area contributed by atoms with Crippen molar-refractivity contribution in [3.05, 3.63) is 0 Å². The van der Waals surface area contributed by atoms with Crippen LogP contribution in [0.2, 0.25) is 0 Å². The normalized spacial score (nSPS) is 36.6. The van der Waals surface area contributed by atoms with Crippen LogP contribution in [0.4, 0.5) is 0 Å². The van der Waals surface area contributed by atoms with Gasteiger partial charge < -0.3 is 17.2 Å². The van der Waals surface area contributed by atoms with Gasteiger partial charge in [-0.1, -0.05) is 19.3 Å². The second-order valence-electron chi connectivity index (χ2n) is 5.07. The Morgan fingerprint density at radius 1 is 0.467 bits per heavy atom. The molecule has 15 heavy (non-hydrogen) atoms. The molecule has 0 aromatic heterocycles. The maximum absolute atomic E-state index is 6.02. The van der Waals surface area contributed by atoms with E-state index in [-0.39, 0.29) is 0 Å². The van der Waals surface area contributed by atoms with E-state index >= 15 is 0 Å². The van der Waals surface area contributed by atoms with Crippen LogP contribution >= 0.6 is 0 Å². The molecule has 1 saturated carbocycles. The minimum Gasteiger partial charge on any atom is -0.328 e. The number of nitrogens with two attached hydrogens (primary N) is 3. The van der Waals surface area contributed by atoms with Crippen molar-refractivity contribution >= 4 is 0 Å². The maximum Gasteiger partial charge on any atom is 0.00388 e. The predicted molar refractivity (Wildman–Crippen MR) is 65.5 cm³/mol. The van der Waals surface area contributed by atoms with Gasteiger partial charge in [-0.25, -0.2) is 0 Å². The van der Waals surface area contributed by atoms with Crippen molar-refractivity contribution in [3.63, 3.8) is 0 Å². The van der Waals surface area contributed by atoms with Gasteiger partial charge in [0.2, 0.25) is 0 Å². The SMILES string of the molecule is NC1CCCC(N)CCCC(N)CCC1. The first kappa shape index (κ1) is 12.9. The minimum absolute atomic E-state index is 0.365. The molecule has 1 rings (SSSR count). The predicted octanol–water partition coefficient (Wildman–Crippen LogP) is 1.49. The van der Waals surface area contributed by atoms with E-state index in [9.17, 15) is 0 Å². The highest BCUT2D eigenvalue weighted by molar-refractivity contribution is 4.71. The molecule has 1 aliphatic rings. The van der Waals surface area contributed by atoms with Crippen LogP contribution in [-0.4, -0.2) is 18.1 Å². The molecule has 0 unspecified atom stereocenters. The first-order valence-electron chi connectivity index (χ1n) is 6.45. The molecule has 0 radical (unpaired) electrons. The molecule has 0 atom stereocenters. The van der Waals surface area contributed by atoms with Gasteiger partial charge in [-0.3, -0.25) is 0 Å². The molecule has 3 heteroatoms. The summed E-state index contributed by atoms with van der Waals surface area (Å²) in [6, 6.07) is 1.09. The molecule has 1 fully saturated rings. The summed E-state index contributed by atoms with van der Waals surface area (Å²) in [4.78, 5) is 0. The van der Waals surface area contributed by atoms with Crippen molar-refractivity contribution in [2.24, 2.45) is 17.2 Å². The summed E-state index contributed by atoms with van der Waals surface area (Å²) in [6.07, 6.45) is 10.3. The minimum atomic E-state index is 0.365. The van der Waals surface area contributed by atoms with Crippen LogP contribution in [-0.2, 0) is 0 Å². The van der Waals surface area contributed by atoms with Crippen LogP contribution in [0.25, 0.3) is 0 Å². The first-order valence-corrected chi connectivity index (χ1v) is 6.45. The number of hydrogen-bond donors (Lipinski definition) is 3. The number of rotatable bonds is 0. The summed E-state index contributed by atoms with van der Waals surface area (Å²) in [7, 11) is 0. The summed E-state index contributed by atoms with van der Waals surface area (Å²) in [6.45, 7) is 0. The van der Waals surface area contributed by atoms with Crippen molar-refractivity contribution in [1.82, 2.24) is 0 Å². The second-order valence-corrected chi connectivity index (χ2v) is 5.07. The monoisotopic (exact) mass is 213 g/mol. The van der Waals surface area contributed by atoms with Crippen LogP contribution in [0.15, 0.2) is 0 Å². The van der Waals surface area contributed by atoms with E-state index in [2.05, 4.69) is 0 Å². The Hall–Kier alpha value is -0.120. The van der Waals surface area contributed by atoms with Crippen LogP contribution in [0, 0.1) is 0 Å². The van der Waals surface area contributed by atoms with E-state index in [1.54, 1.807) is 0 Å². The molecule has 0 bridgehead atoms. The van der Waals surface area contributed by atoms with E-state index in [1.165, 1.54) is 19.3 Å². The molecule has 3 nitrogen and oxygen atoms in total. The number of hydrogen-bond acceptors (Lipinski definition) is 3. The molecule has 0 saturated heterocycles. The molecule has 0 aromatic rings. The van der Waals surface area contributed by atoms with Gasteiger partial charge in [-0.2, -0.15) is 0 Å². The Morgan fingerprint density at radius 3 is 0.867 bits per heavy atom. The van der Waals surface area contributed by atoms with Crippen molar-refractivity contribution < 1.29 is 0 Å². The summed E-state index contributed by atoms with van der Waals surface area (Å²) >= 11 is 0. The Morgan fingerprint density at radius 2 is 0.667 bits per heavy atom. The van der Waals surface area contributed by atoms with Gasteiger partial charge in [0.25, 0.3) is 0 Å². The summed E-state index contributed by atoms with van der Waals surface area (Å²) in [5.74, 6) is 0. The van der Waals surface area contributed by atoms with Gasteiger partial charge in [0.05, 0.1) is 0 Å². The van der Waals surface area contributed by atoms with Gasteiger partial charge in [-0.15, -0.1) is 0 Å². The second kappa shape index (κ2) is 7.20. The molecule has 0 aromatic carbocycles. The Labute approximate surface area is 93.8 Å². The van der Waals surface area contributed by atoms with Crippen molar-refractivity contribution in [2.75, 3.05) is 0 Å². The van der Waals surface area contributed by atoms with E-state index in [4.69, 9.17) is 17.2 Å². The standard InChI is InChI=1S/C12H27N3/c13-10-4-1-5-11(14)7-3-9-12(15)8-2-6-10/h10-12H,1-9,13-15H2. The lowest BCUT2D eigenvalue weighted by atomic mass is 9.95. The molecule has 0 heterocycles. The Kier molecular flexibility index (Phi) is 6.22.